The first-order chi connectivity index (χ1) is 23.1. The molecule has 0 radical (unpaired) electrons. The van der Waals surface area contributed by atoms with Crippen molar-refractivity contribution in [3.05, 3.63) is 79.9 Å². The molecule has 2 bridgehead atoms. The van der Waals surface area contributed by atoms with Gasteiger partial charge in [0.05, 0.1) is 29.2 Å². The van der Waals surface area contributed by atoms with Crippen LogP contribution in [0.15, 0.2) is 79.9 Å². The highest BCUT2D eigenvalue weighted by Crippen LogP contribution is 2.69. The molecule has 8 atom stereocenters. The molecule has 1 N–H and O–H groups in total. The Morgan fingerprint density at radius 2 is 1.52 bits per heavy atom. The summed E-state index contributed by atoms with van der Waals surface area (Å²) in [5.41, 5.74) is 2.56. The second-order valence-electron chi connectivity index (χ2n) is 13.4. The normalized spacial score (nSPS) is 26.9. The quantitative estimate of drug-likeness (QED) is 0.233. The molecular weight excluding hydrogens is 621 g/mol. The maximum Gasteiger partial charge on any atom is 0.251 e. The lowest BCUT2D eigenvalue weighted by atomic mass is 9.65. The molecule has 0 saturated carbocycles. The summed E-state index contributed by atoms with van der Waals surface area (Å²) in [5.74, 6) is -1.85. The van der Waals surface area contributed by atoms with E-state index in [1.165, 1.54) is 0 Å². The fourth-order valence-electron chi connectivity index (χ4n) is 8.46. The van der Waals surface area contributed by atoms with Gasteiger partial charge >= 0.3 is 0 Å². The molecule has 2 aromatic carbocycles. The average Bonchev–Trinajstić information content (AvgIpc) is 3.70. The molecule has 3 aliphatic heterocycles. The number of rotatable bonds is 15. The Morgan fingerprint density at radius 3 is 2.06 bits per heavy atom. The van der Waals surface area contributed by atoms with Crippen LogP contribution in [0.4, 0.5) is 17.1 Å². The van der Waals surface area contributed by atoms with E-state index in [1.54, 1.807) is 38.6 Å². The van der Waals surface area contributed by atoms with Crippen LogP contribution >= 0.6 is 11.8 Å². The second kappa shape index (κ2) is 14.9. The van der Waals surface area contributed by atoms with Crippen LogP contribution in [0.2, 0.25) is 0 Å². The summed E-state index contributed by atoms with van der Waals surface area (Å²) in [7, 11) is 0. The van der Waals surface area contributed by atoms with Crippen molar-refractivity contribution in [3.8, 4) is 0 Å². The van der Waals surface area contributed by atoms with Gasteiger partial charge in [-0.25, -0.2) is 0 Å². The van der Waals surface area contributed by atoms with Crippen molar-refractivity contribution in [1.82, 2.24) is 4.90 Å². The standard InChI is InChI=1S/C39H52N4O4S/c1-8-22-41(29-16-14-13-15-17-29)36(45)33-32-24-27(7)39(48-32)34(33)37(46)43(31(25-44)26(6)10-3)35(39)38(47)42(23-9-2)30-20-18-28(19-21-30)40(11-4)12-5/h8-9,13-21,26-27,31-35,44H,1-2,10-12,22-25H2,3-7H3/t26-,27?,31-,32+,33-,34-,35?,39?/m0/s1. The Morgan fingerprint density at radius 1 is 0.958 bits per heavy atom. The van der Waals surface area contributed by atoms with Crippen LogP contribution in [0.5, 0.6) is 0 Å². The van der Waals surface area contributed by atoms with E-state index in [2.05, 4.69) is 38.8 Å². The summed E-state index contributed by atoms with van der Waals surface area (Å²) in [4.78, 5) is 52.3. The van der Waals surface area contributed by atoms with Crippen LogP contribution in [0.3, 0.4) is 0 Å². The van der Waals surface area contributed by atoms with Gasteiger partial charge in [0, 0.05) is 48.5 Å². The van der Waals surface area contributed by atoms with E-state index >= 15 is 9.59 Å². The number of nitrogens with zero attached hydrogens (tertiary/aromatic N) is 4. The number of amides is 3. The Balaban J connectivity index is 1.62. The third-order valence-electron chi connectivity index (χ3n) is 11.1. The van der Waals surface area contributed by atoms with Crippen molar-refractivity contribution in [1.29, 1.82) is 0 Å². The third kappa shape index (κ3) is 5.87. The topological polar surface area (TPSA) is 84.4 Å². The van der Waals surface area contributed by atoms with Crippen LogP contribution in [-0.4, -0.2) is 82.6 Å². The van der Waals surface area contributed by atoms with E-state index in [-0.39, 0.29) is 48.0 Å². The molecule has 9 heteroatoms. The number of fused-ring (bicyclic) bond motifs is 1. The zero-order valence-electron chi connectivity index (χ0n) is 29.1. The van der Waals surface area contributed by atoms with E-state index in [1.807, 2.05) is 68.4 Å². The number of carbonyl (C=O) groups excluding carboxylic acids is 3. The van der Waals surface area contributed by atoms with E-state index < -0.39 is 28.7 Å². The molecule has 1 spiro atoms. The smallest absolute Gasteiger partial charge is 0.251 e. The predicted octanol–water partition coefficient (Wildman–Crippen LogP) is 6.02. The number of hydrogen-bond acceptors (Lipinski definition) is 6. The number of aliphatic hydroxyl groups is 1. The lowest BCUT2D eigenvalue weighted by molar-refractivity contribution is -0.143. The van der Waals surface area contributed by atoms with Crippen molar-refractivity contribution in [2.24, 2.45) is 23.7 Å². The van der Waals surface area contributed by atoms with Crippen LogP contribution in [-0.2, 0) is 14.4 Å². The Hall–Kier alpha value is -3.56. The summed E-state index contributed by atoms with van der Waals surface area (Å²) >= 11 is 1.66. The monoisotopic (exact) mass is 672 g/mol. The van der Waals surface area contributed by atoms with Crippen molar-refractivity contribution < 1.29 is 19.5 Å². The van der Waals surface area contributed by atoms with Crippen molar-refractivity contribution >= 4 is 46.5 Å². The number of hydrogen-bond donors (Lipinski definition) is 1. The zero-order valence-corrected chi connectivity index (χ0v) is 29.9. The Kier molecular flexibility index (Phi) is 11.1. The molecule has 5 rings (SSSR count). The number of anilines is 3. The minimum absolute atomic E-state index is 0.000860. The highest BCUT2D eigenvalue weighted by atomic mass is 32.2. The largest absolute Gasteiger partial charge is 0.394 e. The molecule has 3 aliphatic rings. The van der Waals surface area contributed by atoms with Crippen LogP contribution in [0, 0.1) is 23.7 Å². The SMILES string of the molecule is C=CCN(C(=O)C1N([C@@H](CO)[C@@H](C)CC)C(=O)[C@@H]2[C@@H](C(=O)N(CC=C)c3ccccc3)[C@H]3CC(C)C12S3)c1ccc(N(CC)CC)cc1. The number of carbonyl (C=O) groups is 3. The fraction of sp³-hybridized carbons (Fsp3) is 0.513. The summed E-state index contributed by atoms with van der Waals surface area (Å²) in [6, 6.07) is 16.1. The lowest BCUT2D eigenvalue weighted by Crippen LogP contribution is -2.60. The third-order valence-corrected chi connectivity index (χ3v) is 13.1. The van der Waals surface area contributed by atoms with E-state index in [0.29, 0.717) is 6.54 Å². The maximum absolute atomic E-state index is 15.2. The number of aliphatic hydroxyl groups excluding tert-OH is 1. The van der Waals surface area contributed by atoms with Crippen LogP contribution in [0.1, 0.15) is 47.5 Å². The second-order valence-corrected chi connectivity index (χ2v) is 15.0. The van der Waals surface area contributed by atoms with Gasteiger partial charge in [0.15, 0.2) is 0 Å². The van der Waals surface area contributed by atoms with Gasteiger partial charge in [0.25, 0.3) is 5.91 Å². The molecule has 8 nitrogen and oxygen atoms in total. The molecule has 0 aliphatic carbocycles. The highest BCUT2D eigenvalue weighted by molar-refractivity contribution is 8.02. The summed E-state index contributed by atoms with van der Waals surface area (Å²) in [5, 5.41) is 10.7. The minimum atomic E-state index is -0.851. The number of likely N-dealkylation sites (tertiary alicyclic amines) is 1. The Labute approximate surface area is 290 Å². The van der Waals surface area contributed by atoms with Crippen LogP contribution < -0.4 is 14.7 Å². The Bertz CT molecular complexity index is 1480. The number of para-hydroxylation sites is 1. The van der Waals surface area contributed by atoms with Gasteiger partial charge in [-0.3, -0.25) is 14.4 Å². The van der Waals surface area contributed by atoms with Gasteiger partial charge in [-0.1, -0.05) is 57.5 Å². The van der Waals surface area contributed by atoms with Gasteiger partial charge in [-0.15, -0.1) is 24.9 Å². The first-order valence-corrected chi connectivity index (χ1v) is 18.4. The molecular formula is C39H52N4O4S. The van der Waals surface area contributed by atoms with Crippen molar-refractivity contribution in [2.45, 2.75) is 69.5 Å². The first kappa shape index (κ1) is 35.7. The minimum Gasteiger partial charge on any atom is -0.394 e. The molecule has 3 fully saturated rings. The summed E-state index contributed by atoms with van der Waals surface area (Å²) in [6.45, 7) is 20.4. The van der Waals surface area contributed by atoms with E-state index in [9.17, 15) is 9.90 Å². The van der Waals surface area contributed by atoms with Crippen LogP contribution in [0.25, 0.3) is 0 Å². The number of benzene rings is 2. The predicted molar refractivity (Wildman–Crippen MR) is 197 cm³/mol. The molecule has 3 saturated heterocycles. The van der Waals surface area contributed by atoms with Crippen molar-refractivity contribution in [3.63, 3.8) is 0 Å². The molecule has 3 unspecified atom stereocenters. The van der Waals surface area contributed by atoms with E-state index in [4.69, 9.17) is 0 Å². The van der Waals surface area contributed by atoms with Gasteiger partial charge in [-0.2, -0.15) is 0 Å². The molecule has 3 amide bonds. The number of thioether (sulfide) groups is 1. The molecule has 258 valence electrons. The highest BCUT2D eigenvalue weighted by Gasteiger charge is 2.77. The lowest BCUT2D eigenvalue weighted by Gasteiger charge is -2.43. The summed E-state index contributed by atoms with van der Waals surface area (Å²) < 4.78 is -0.822. The van der Waals surface area contributed by atoms with Crippen molar-refractivity contribution in [2.75, 3.05) is 47.5 Å². The summed E-state index contributed by atoms with van der Waals surface area (Å²) in [6.07, 6.45) is 4.88. The molecule has 3 heterocycles. The van der Waals surface area contributed by atoms with Gasteiger partial charge < -0.3 is 24.7 Å². The van der Waals surface area contributed by atoms with E-state index in [0.717, 1.165) is 43.0 Å². The molecule has 2 aromatic rings. The van der Waals surface area contributed by atoms with Gasteiger partial charge in [0.2, 0.25) is 11.8 Å². The maximum atomic E-state index is 15.2. The fourth-order valence-corrected chi connectivity index (χ4v) is 10.9. The average molecular weight is 673 g/mol. The van der Waals surface area contributed by atoms with Gasteiger partial charge in [0.1, 0.15) is 6.04 Å². The van der Waals surface area contributed by atoms with Gasteiger partial charge in [-0.05, 0) is 68.5 Å². The first-order valence-electron chi connectivity index (χ1n) is 17.5. The molecule has 48 heavy (non-hydrogen) atoms. The molecule has 0 aromatic heterocycles. The zero-order chi connectivity index (χ0) is 34.7.